The van der Waals surface area contributed by atoms with Crippen LogP contribution in [0.15, 0.2) is 41.4 Å². The quantitative estimate of drug-likeness (QED) is 0.338. The van der Waals surface area contributed by atoms with Crippen LogP contribution in [0.1, 0.15) is 58.8 Å². The van der Waals surface area contributed by atoms with E-state index in [2.05, 4.69) is 4.98 Å². The fraction of sp³-hybridized carbons (Fsp3) is 0.400. The molecule has 2 heterocycles. The van der Waals surface area contributed by atoms with Crippen LogP contribution in [0, 0.1) is 13.8 Å². The van der Waals surface area contributed by atoms with Crippen LogP contribution in [0.2, 0.25) is 0 Å². The Kier molecular flexibility index (Phi) is 6.60. The van der Waals surface area contributed by atoms with Crippen LogP contribution < -0.4 is 0 Å². The van der Waals surface area contributed by atoms with Gasteiger partial charge in [0.25, 0.3) is 0 Å². The Morgan fingerprint density at radius 2 is 1.85 bits per heavy atom. The average Bonchev–Trinajstić information content (AvgIpc) is 3.61. The minimum absolute atomic E-state index is 0.0945. The largest absolute Gasteiger partial charge is 0.461 e. The summed E-state index contributed by atoms with van der Waals surface area (Å²) in [5.41, 5.74) is 2.25. The summed E-state index contributed by atoms with van der Waals surface area (Å²) in [7, 11) is -3.98. The monoisotopic (exact) mass is 483 g/mol. The van der Waals surface area contributed by atoms with Crippen molar-refractivity contribution in [1.82, 2.24) is 13.9 Å². The fourth-order valence-electron chi connectivity index (χ4n) is 4.57. The minimum Gasteiger partial charge on any atom is -0.461 e. The maximum Gasteiger partial charge on any atom is 0.355 e. The van der Waals surface area contributed by atoms with Crippen molar-refractivity contribution in [3.05, 3.63) is 59.0 Å². The molecule has 0 amide bonds. The molecule has 0 N–H and O–H groups in total. The second-order valence-electron chi connectivity index (χ2n) is 8.43. The summed E-state index contributed by atoms with van der Waals surface area (Å²) in [5, 5.41) is 0.719. The molecule has 8 nitrogen and oxygen atoms in total. The lowest BCUT2D eigenvalue weighted by Crippen LogP contribution is -2.38. The van der Waals surface area contributed by atoms with Crippen LogP contribution in [0.3, 0.4) is 0 Å². The molecular formula is C25H29N3O5S. The van der Waals surface area contributed by atoms with Crippen molar-refractivity contribution in [1.29, 1.82) is 0 Å². The first kappa shape index (κ1) is 24.1. The summed E-state index contributed by atoms with van der Waals surface area (Å²) < 4.78 is 35.7. The molecule has 0 radical (unpaired) electrons. The highest BCUT2D eigenvalue weighted by molar-refractivity contribution is 7.89. The lowest BCUT2D eigenvalue weighted by atomic mass is 10.1. The van der Waals surface area contributed by atoms with E-state index in [4.69, 9.17) is 4.74 Å². The van der Waals surface area contributed by atoms with E-state index in [1.165, 1.54) is 10.4 Å². The molecule has 0 unspecified atom stereocenters. The van der Waals surface area contributed by atoms with E-state index in [9.17, 15) is 18.0 Å². The van der Waals surface area contributed by atoms with E-state index in [1.807, 2.05) is 19.1 Å². The lowest BCUT2D eigenvalue weighted by molar-refractivity contribution is 0.0512. The molecule has 0 spiro atoms. The molecule has 3 aromatic rings. The summed E-state index contributed by atoms with van der Waals surface area (Å²) in [5.74, 6) is -0.825. The van der Waals surface area contributed by atoms with Crippen molar-refractivity contribution < 1.29 is 22.7 Å². The van der Waals surface area contributed by atoms with E-state index in [-0.39, 0.29) is 29.9 Å². The highest BCUT2D eigenvalue weighted by Gasteiger charge is 2.41. The zero-order chi connectivity index (χ0) is 24.6. The number of ketones is 1. The van der Waals surface area contributed by atoms with Crippen molar-refractivity contribution in [3.8, 4) is 0 Å². The highest BCUT2D eigenvalue weighted by atomic mass is 32.2. The van der Waals surface area contributed by atoms with E-state index < -0.39 is 16.0 Å². The molecule has 0 aliphatic heterocycles. The first-order valence-electron chi connectivity index (χ1n) is 11.5. The van der Waals surface area contributed by atoms with Gasteiger partial charge in [-0.3, -0.25) is 9.78 Å². The van der Waals surface area contributed by atoms with Crippen LogP contribution >= 0.6 is 0 Å². The number of aromatic nitrogens is 2. The van der Waals surface area contributed by atoms with Gasteiger partial charge in [0, 0.05) is 35.4 Å². The highest BCUT2D eigenvalue weighted by Crippen LogP contribution is 2.35. The molecule has 9 heteroatoms. The Bertz CT molecular complexity index is 1370. The van der Waals surface area contributed by atoms with Crippen molar-refractivity contribution in [2.45, 2.75) is 58.0 Å². The number of benzene rings is 1. The normalized spacial score (nSPS) is 14.0. The summed E-state index contributed by atoms with van der Waals surface area (Å²) >= 11 is 0. The van der Waals surface area contributed by atoms with Gasteiger partial charge < -0.3 is 9.30 Å². The number of carbonyl (C=O) groups is 2. The number of pyridine rings is 1. The van der Waals surface area contributed by atoms with Gasteiger partial charge in [-0.05, 0) is 58.2 Å². The summed E-state index contributed by atoms with van der Waals surface area (Å²) in [6.07, 6.45) is 2.96. The Morgan fingerprint density at radius 1 is 1.15 bits per heavy atom. The number of carbonyl (C=O) groups excluding carboxylic acids is 2. The van der Waals surface area contributed by atoms with Gasteiger partial charge in [0.05, 0.1) is 18.7 Å². The summed E-state index contributed by atoms with van der Waals surface area (Å²) in [4.78, 5) is 30.5. The van der Waals surface area contributed by atoms with Gasteiger partial charge in [-0.25, -0.2) is 13.2 Å². The first-order valence-corrected chi connectivity index (χ1v) is 12.9. The predicted octanol–water partition coefficient (Wildman–Crippen LogP) is 3.89. The van der Waals surface area contributed by atoms with Gasteiger partial charge >= 0.3 is 5.97 Å². The first-order chi connectivity index (χ1) is 16.2. The van der Waals surface area contributed by atoms with E-state index in [0.717, 1.165) is 5.39 Å². The zero-order valence-corrected chi connectivity index (χ0v) is 20.7. The smallest absolute Gasteiger partial charge is 0.355 e. The van der Waals surface area contributed by atoms with Crippen LogP contribution in [0.5, 0.6) is 0 Å². The van der Waals surface area contributed by atoms with Crippen LogP contribution in [0.25, 0.3) is 10.9 Å². The number of ether oxygens (including phenoxy) is 1. The van der Waals surface area contributed by atoms with Crippen LogP contribution in [-0.2, 0) is 21.3 Å². The molecule has 1 aliphatic carbocycles. The zero-order valence-electron chi connectivity index (χ0n) is 19.9. The van der Waals surface area contributed by atoms with Crippen molar-refractivity contribution in [2.75, 3.05) is 13.2 Å². The number of rotatable bonds is 9. The van der Waals surface area contributed by atoms with E-state index in [0.29, 0.717) is 47.4 Å². The predicted molar refractivity (Wildman–Crippen MR) is 129 cm³/mol. The van der Waals surface area contributed by atoms with Crippen LogP contribution in [-0.4, -0.2) is 53.2 Å². The lowest BCUT2D eigenvalue weighted by Gasteiger charge is -2.22. The molecule has 2 aromatic heterocycles. The molecule has 180 valence electrons. The molecule has 0 bridgehead atoms. The van der Waals surface area contributed by atoms with Gasteiger partial charge in [-0.2, -0.15) is 4.31 Å². The average molecular weight is 484 g/mol. The molecule has 1 fully saturated rings. The van der Waals surface area contributed by atoms with Crippen molar-refractivity contribution in [2.24, 2.45) is 0 Å². The second kappa shape index (κ2) is 9.31. The maximum atomic E-state index is 13.7. The number of hydrogen-bond donors (Lipinski definition) is 0. The summed E-state index contributed by atoms with van der Waals surface area (Å²) in [6.45, 7) is 7.51. The number of nitrogens with zero attached hydrogens (tertiary/aromatic N) is 3. The number of para-hydroxylation sites is 1. The van der Waals surface area contributed by atoms with Crippen molar-refractivity contribution >= 4 is 32.7 Å². The molecule has 34 heavy (non-hydrogen) atoms. The standard InChI is InChI=1S/C25H29N3O5S/c1-5-27-17(4)22(16(3)24(27)25(30)33-6-2)20(29)15-28(19-12-13-19)34(31,32)21-11-7-9-18-10-8-14-26-23(18)21/h7-11,14,19H,5-6,12-13,15H2,1-4H3. The van der Waals surface area contributed by atoms with Gasteiger partial charge in [0.15, 0.2) is 5.78 Å². The Labute approximate surface area is 199 Å². The molecule has 4 rings (SSSR count). The van der Waals surface area contributed by atoms with Gasteiger partial charge in [0.2, 0.25) is 10.0 Å². The summed E-state index contributed by atoms with van der Waals surface area (Å²) in [6, 6.07) is 8.37. The third kappa shape index (κ3) is 4.14. The molecule has 1 saturated carbocycles. The van der Waals surface area contributed by atoms with E-state index >= 15 is 0 Å². The topological polar surface area (TPSA) is 98.6 Å². The third-order valence-corrected chi connectivity index (χ3v) is 8.20. The molecular weight excluding hydrogens is 454 g/mol. The Morgan fingerprint density at radius 3 is 2.50 bits per heavy atom. The fourth-order valence-corrected chi connectivity index (χ4v) is 6.38. The Balaban J connectivity index is 1.74. The van der Waals surface area contributed by atoms with Crippen LogP contribution in [0.4, 0.5) is 0 Å². The van der Waals surface area contributed by atoms with Gasteiger partial charge in [0.1, 0.15) is 10.6 Å². The molecule has 1 aromatic carbocycles. The van der Waals surface area contributed by atoms with Crippen molar-refractivity contribution in [3.63, 3.8) is 0 Å². The SMILES string of the molecule is CCOC(=O)c1c(C)c(C(=O)CN(C2CC2)S(=O)(=O)c2cccc3cccnc23)c(C)n1CC. The molecule has 0 atom stereocenters. The molecule has 0 saturated heterocycles. The van der Waals surface area contributed by atoms with E-state index in [1.54, 1.807) is 43.7 Å². The second-order valence-corrected chi connectivity index (χ2v) is 10.3. The number of fused-ring (bicyclic) bond motifs is 1. The Hall–Kier alpha value is -3.04. The number of Topliss-reactive ketones (excluding diaryl/α,β-unsaturated/α-hetero) is 1. The third-order valence-electron chi connectivity index (χ3n) is 6.27. The number of hydrogen-bond acceptors (Lipinski definition) is 6. The number of esters is 1. The minimum atomic E-state index is -3.98. The number of sulfonamides is 1. The van der Waals surface area contributed by atoms with Gasteiger partial charge in [-0.1, -0.05) is 18.2 Å². The maximum absolute atomic E-state index is 13.7. The molecule has 1 aliphatic rings. The van der Waals surface area contributed by atoms with Gasteiger partial charge in [-0.15, -0.1) is 0 Å².